The number of hydrogen-bond donors (Lipinski definition) is 0. The number of hydrogen-bond acceptors (Lipinski definition) is 7. The van der Waals surface area contributed by atoms with Crippen LogP contribution in [0.4, 0.5) is 0 Å². The lowest BCUT2D eigenvalue weighted by atomic mass is 9.93. The predicted octanol–water partition coefficient (Wildman–Crippen LogP) is 12.3. The zero-order valence-corrected chi connectivity index (χ0v) is 41.1. The second kappa shape index (κ2) is 20.1. The minimum absolute atomic E-state index is 0.0226. The molecule has 7 nitrogen and oxygen atoms in total. The molecule has 0 saturated heterocycles. The Kier molecular flexibility index (Phi) is 18.7. The van der Waals surface area contributed by atoms with Gasteiger partial charge in [-0.3, -0.25) is 4.79 Å². The van der Waals surface area contributed by atoms with Gasteiger partial charge >= 0.3 is 5.97 Å². The van der Waals surface area contributed by atoms with E-state index in [-0.39, 0.29) is 39.2 Å². The zero-order valence-electron chi connectivity index (χ0n) is 38.1. The molecule has 0 N–H and O–H groups in total. The Morgan fingerprint density at radius 3 is 1.76 bits per heavy atom. The van der Waals surface area contributed by atoms with Crippen molar-refractivity contribution in [3.63, 3.8) is 0 Å². The molecule has 1 aromatic carbocycles. The maximum Gasteiger partial charge on any atom is 0.311 e. The van der Waals surface area contributed by atoms with Crippen LogP contribution in [-0.2, 0) is 34.2 Å². The molecule has 54 heavy (non-hydrogen) atoms. The summed E-state index contributed by atoms with van der Waals surface area (Å²) >= 11 is 0. The highest BCUT2D eigenvalue weighted by Crippen LogP contribution is 2.41. The fourth-order valence-electron chi connectivity index (χ4n) is 4.96. The fourth-order valence-corrected chi connectivity index (χ4v) is 8.61. The second-order valence-corrected chi connectivity index (χ2v) is 34.1. The maximum atomic E-state index is 12.9. The van der Waals surface area contributed by atoms with Gasteiger partial charge in [0.05, 0.1) is 51.7 Å². The minimum Gasteiger partial charge on any atom is -0.497 e. The lowest BCUT2D eigenvalue weighted by molar-refractivity contribution is -0.147. The molecule has 0 unspecified atom stereocenters. The summed E-state index contributed by atoms with van der Waals surface area (Å²) in [4.78, 5) is 12.9. The van der Waals surface area contributed by atoms with Crippen molar-refractivity contribution in [3.05, 3.63) is 65.8 Å². The predicted molar refractivity (Wildman–Crippen MR) is 236 cm³/mol. The van der Waals surface area contributed by atoms with E-state index in [0.29, 0.717) is 19.6 Å². The molecule has 1 rings (SSSR count). The third-order valence-electron chi connectivity index (χ3n) is 12.1. The molecule has 0 heterocycles. The summed E-state index contributed by atoms with van der Waals surface area (Å²) in [6.45, 7) is 45.6. The minimum atomic E-state index is -2.27. The van der Waals surface area contributed by atoms with Gasteiger partial charge in [0.1, 0.15) is 5.75 Å². The van der Waals surface area contributed by atoms with Crippen LogP contribution in [0.15, 0.2) is 60.2 Å². The van der Waals surface area contributed by atoms with Gasteiger partial charge in [-0.1, -0.05) is 112 Å². The molecule has 10 heteroatoms. The summed E-state index contributed by atoms with van der Waals surface area (Å²) in [5.74, 6) is 0.0774. The molecule has 0 aliphatic heterocycles. The summed E-state index contributed by atoms with van der Waals surface area (Å²) in [6, 6.07) is 8.02. The Morgan fingerprint density at radius 1 is 0.796 bits per heavy atom. The van der Waals surface area contributed by atoms with Crippen LogP contribution in [0.5, 0.6) is 5.75 Å². The summed E-state index contributed by atoms with van der Waals surface area (Å²) in [5.41, 5.74) is 3.08. The molecule has 0 saturated carbocycles. The third-order valence-corrected chi connectivity index (χ3v) is 25.6. The number of carbonyl (C=O) groups excluding carboxylic acids is 1. The van der Waals surface area contributed by atoms with Crippen LogP contribution in [0, 0.1) is 11.8 Å². The average Bonchev–Trinajstić information content (AvgIpc) is 3.04. The van der Waals surface area contributed by atoms with Crippen LogP contribution in [0.1, 0.15) is 95.1 Å². The van der Waals surface area contributed by atoms with E-state index >= 15 is 0 Å². The third kappa shape index (κ3) is 15.3. The van der Waals surface area contributed by atoms with Crippen LogP contribution in [0.2, 0.25) is 54.4 Å². The van der Waals surface area contributed by atoms with Gasteiger partial charge < -0.3 is 27.5 Å². The van der Waals surface area contributed by atoms with Crippen LogP contribution >= 0.6 is 0 Å². The first-order chi connectivity index (χ1) is 24.4. The standard InChI is InChI=1S/C44H80O7Si3/c1-32(30-49-52(16,17)42(5,6)7)28-34(3)39(48-31-36-23-25-37(46-14)26-24-36)29-40(51-54(20,21)44(11,12)13)33(2)22-27-38(35(4)41(45)47-15)50-53(18,19)43(8,9)10/h22-28,34-35,38-40H,2,29-31H2,1,3-21H3/b27-22+,32-28+/t34-,35-,38+,39+,40+/m1/s1. The van der Waals surface area contributed by atoms with Crippen molar-refractivity contribution in [1.29, 1.82) is 0 Å². The highest BCUT2D eigenvalue weighted by molar-refractivity contribution is 6.75. The van der Waals surface area contributed by atoms with Crippen molar-refractivity contribution in [3.8, 4) is 5.75 Å². The Hall–Kier alpha value is -1.80. The highest BCUT2D eigenvalue weighted by atomic mass is 28.4. The van der Waals surface area contributed by atoms with E-state index < -0.39 is 37.0 Å². The van der Waals surface area contributed by atoms with Crippen molar-refractivity contribution in [2.45, 2.75) is 169 Å². The SMILES string of the molecule is C=C(/C=C/[C@H](O[Si](C)(C)C(C)(C)C)[C@@H](C)C(=O)OC)[C@H](C[C@H](OCc1ccc(OC)cc1)[C@H](C)/C=C(\C)CO[Si](C)(C)C(C)(C)C)O[Si](C)(C)C(C)(C)C. The van der Waals surface area contributed by atoms with Gasteiger partial charge in [0.15, 0.2) is 25.0 Å². The molecule has 5 atom stereocenters. The Balaban J connectivity index is 3.68. The summed E-state index contributed by atoms with van der Waals surface area (Å²) in [7, 11) is -3.33. The van der Waals surface area contributed by atoms with E-state index in [0.717, 1.165) is 16.9 Å². The van der Waals surface area contributed by atoms with Crippen molar-refractivity contribution in [2.75, 3.05) is 20.8 Å². The Bertz CT molecular complexity index is 1390. The Morgan fingerprint density at radius 2 is 1.30 bits per heavy atom. The topological polar surface area (TPSA) is 72.5 Å². The van der Waals surface area contributed by atoms with Crippen molar-refractivity contribution >= 4 is 30.9 Å². The first-order valence-electron chi connectivity index (χ1n) is 19.8. The molecular weight excluding hydrogens is 725 g/mol. The van der Waals surface area contributed by atoms with E-state index in [9.17, 15) is 4.79 Å². The van der Waals surface area contributed by atoms with E-state index in [1.54, 1.807) is 7.11 Å². The lowest BCUT2D eigenvalue weighted by Crippen LogP contribution is -2.46. The Labute approximate surface area is 335 Å². The van der Waals surface area contributed by atoms with E-state index in [4.69, 9.17) is 27.5 Å². The van der Waals surface area contributed by atoms with Gasteiger partial charge in [-0.15, -0.1) is 0 Å². The van der Waals surface area contributed by atoms with Gasteiger partial charge in [-0.2, -0.15) is 0 Å². The molecule has 1 aromatic rings. The number of benzene rings is 1. The van der Waals surface area contributed by atoms with Crippen LogP contribution in [0.3, 0.4) is 0 Å². The van der Waals surface area contributed by atoms with E-state index in [2.05, 4.69) is 128 Å². The highest BCUT2D eigenvalue weighted by Gasteiger charge is 2.42. The fraction of sp³-hybridized carbons (Fsp3) is 0.705. The number of rotatable bonds is 20. The summed E-state index contributed by atoms with van der Waals surface area (Å²) < 4.78 is 38.0. The average molecular weight is 805 g/mol. The zero-order chi connectivity index (χ0) is 42.1. The van der Waals surface area contributed by atoms with E-state index in [1.807, 2.05) is 43.3 Å². The summed E-state index contributed by atoms with van der Waals surface area (Å²) in [6.07, 6.45) is 5.90. The van der Waals surface area contributed by atoms with Gasteiger partial charge in [0, 0.05) is 12.3 Å². The lowest BCUT2D eigenvalue weighted by Gasteiger charge is -2.41. The van der Waals surface area contributed by atoms with Crippen molar-refractivity contribution < 1.29 is 32.3 Å². The monoisotopic (exact) mass is 805 g/mol. The van der Waals surface area contributed by atoms with Crippen LogP contribution in [-0.4, -0.2) is 70.1 Å². The molecule has 0 spiro atoms. The molecule has 0 bridgehead atoms. The molecule has 0 amide bonds. The quantitative estimate of drug-likeness (QED) is 0.0562. The summed E-state index contributed by atoms with van der Waals surface area (Å²) in [5, 5.41) is 0.0750. The van der Waals surface area contributed by atoms with Crippen molar-refractivity contribution in [2.24, 2.45) is 11.8 Å². The van der Waals surface area contributed by atoms with Crippen LogP contribution < -0.4 is 4.74 Å². The van der Waals surface area contributed by atoms with Gasteiger partial charge in [-0.05, 0) is 91.5 Å². The van der Waals surface area contributed by atoms with Gasteiger partial charge in [-0.25, -0.2) is 0 Å². The molecular formula is C44H80O7Si3. The first-order valence-corrected chi connectivity index (χ1v) is 28.5. The molecule has 0 radical (unpaired) electrons. The molecule has 0 fully saturated rings. The number of carbonyl (C=O) groups is 1. The second-order valence-electron chi connectivity index (χ2n) is 19.8. The molecule has 0 aliphatic carbocycles. The first kappa shape index (κ1) is 50.2. The van der Waals surface area contributed by atoms with Gasteiger partial charge in [0.2, 0.25) is 0 Å². The molecule has 310 valence electrons. The number of esters is 1. The normalized spacial score (nSPS) is 16.9. The van der Waals surface area contributed by atoms with Crippen LogP contribution in [0.25, 0.3) is 0 Å². The molecule has 0 aliphatic rings. The van der Waals surface area contributed by atoms with Gasteiger partial charge in [0.25, 0.3) is 0 Å². The van der Waals surface area contributed by atoms with Crippen molar-refractivity contribution in [1.82, 2.24) is 0 Å². The maximum absolute atomic E-state index is 12.9. The number of ether oxygens (including phenoxy) is 3. The number of methoxy groups -OCH3 is 2. The smallest absolute Gasteiger partial charge is 0.311 e. The largest absolute Gasteiger partial charge is 0.497 e. The van der Waals surface area contributed by atoms with E-state index in [1.165, 1.54) is 12.7 Å². The molecule has 0 aromatic heterocycles.